The van der Waals surface area contributed by atoms with Crippen LogP contribution in [0.4, 0.5) is 0 Å². The zero-order valence-corrected chi connectivity index (χ0v) is 9.36. The average molecular weight is 337 g/mol. The molecule has 0 saturated heterocycles. The van der Waals surface area contributed by atoms with E-state index in [1.165, 1.54) is 19.3 Å². The Labute approximate surface area is 84.8 Å². The number of unbranched alkanes of at least 4 members (excludes halogenated alkanes) is 3. The first kappa shape index (κ1) is 13.7. The van der Waals surface area contributed by atoms with Crippen LogP contribution in [0.3, 0.4) is 0 Å². The van der Waals surface area contributed by atoms with Crippen LogP contribution in [0.5, 0.6) is 0 Å². The van der Waals surface area contributed by atoms with E-state index in [1.807, 2.05) is 6.08 Å². The van der Waals surface area contributed by atoms with Crippen LogP contribution >= 0.6 is 0 Å². The zero-order chi connectivity index (χ0) is 7.82. The number of hydrogen-bond donors (Lipinski definition) is 0. The average Bonchev–Trinajstić information content (AvgIpc) is 1.87. The molecule has 0 aromatic carbocycles. The first-order valence-corrected chi connectivity index (χ1v) is 3.94. The van der Waals surface area contributed by atoms with Crippen molar-refractivity contribution in [1.82, 2.24) is 0 Å². The van der Waals surface area contributed by atoms with Gasteiger partial charge in [0.05, 0.1) is 0 Å². The molecule has 0 aliphatic heterocycles. The number of hydrogen-bond acceptors (Lipinski definition) is 1. The molecule has 0 atom stereocenters. The topological polar surface area (TPSA) is 17.1 Å². The molecule has 0 N–H and O–H groups in total. The van der Waals surface area contributed by atoms with Crippen LogP contribution in [0, 0.1) is 0 Å². The number of allylic oxidation sites excluding steroid dienone is 2. The Balaban J connectivity index is 0. The van der Waals surface area contributed by atoms with E-state index in [0.717, 1.165) is 6.42 Å². The zero-order valence-electron chi connectivity index (χ0n) is 7.19. The summed E-state index contributed by atoms with van der Waals surface area (Å²) < 4.78 is 0. The first-order chi connectivity index (χ1) is 4.77. The second-order valence-electron chi connectivity index (χ2n) is 2.51. The van der Waals surface area contributed by atoms with Crippen molar-refractivity contribution < 1.29 is 27.2 Å². The summed E-state index contributed by atoms with van der Waals surface area (Å²) in [5.41, 5.74) is 0. The molecule has 2 heteroatoms. The van der Waals surface area contributed by atoms with E-state index in [0.29, 0.717) is 0 Å². The van der Waals surface area contributed by atoms with Gasteiger partial charge in [-0.3, -0.25) is 4.79 Å². The minimum atomic E-state index is 0. The van der Waals surface area contributed by atoms with E-state index in [4.69, 9.17) is 0 Å². The molecule has 0 amide bonds. The van der Waals surface area contributed by atoms with Gasteiger partial charge in [0.2, 0.25) is 0 Å². The van der Waals surface area contributed by atoms with Crippen LogP contribution in [0.2, 0.25) is 0 Å². The predicted octanol–water partition coefficient (Wildman–Crippen LogP) is 2.71. The van der Waals surface area contributed by atoms with Crippen LogP contribution in [-0.4, -0.2) is 5.78 Å². The molecule has 0 rings (SSSR count). The van der Waals surface area contributed by atoms with Crippen molar-refractivity contribution in [1.29, 1.82) is 0 Å². The fourth-order valence-electron chi connectivity index (χ4n) is 0.761. The number of carbonyl (C=O) groups is 1. The summed E-state index contributed by atoms with van der Waals surface area (Å²) in [5.74, 6) is 0.150. The molecular formula is C9H16AuO. The van der Waals surface area contributed by atoms with Crippen LogP contribution < -0.4 is 0 Å². The minimum Gasteiger partial charge on any atom is -0.295 e. The molecule has 0 spiro atoms. The van der Waals surface area contributed by atoms with Gasteiger partial charge in [0.25, 0.3) is 0 Å². The Morgan fingerprint density at radius 2 is 2.00 bits per heavy atom. The summed E-state index contributed by atoms with van der Waals surface area (Å²) in [5, 5.41) is 0. The molecule has 69 valence electrons. The molecule has 0 heterocycles. The van der Waals surface area contributed by atoms with Gasteiger partial charge in [-0.25, -0.2) is 0 Å². The van der Waals surface area contributed by atoms with Crippen LogP contribution in [-0.2, 0) is 27.2 Å². The fraction of sp³-hybridized carbons (Fsp3) is 0.667. The van der Waals surface area contributed by atoms with Crippen molar-refractivity contribution in [3.8, 4) is 0 Å². The minimum absolute atomic E-state index is 0. The Morgan fingerprint density at radius 3 is 2.45 bits per heavy atom. The van der Waals surface area contributed by atoms with Crippen molar-refractivity contribution >= 4 is 5.78 Å². The molecule has 0 unspecified atom stereocenters. The molecule has 0 aromatic rings. The Bertz CT molecular complexity index is 119. The molecule has 1 radical (unpaired) electrons. The summed E-state index contributed by atoms with van der Waals surface area (Å²) >= 11 is 0. The molecule has 1 nitrogen and oxygen atoms in total. The fourth-order valence-corrected chi connectivity index (χ4v) is 0.761. The summed E-state index contributed by atoms with van der Waals surface area (Å²) in [4.78, 5) is 10.4. The molecule has 0 aliphatic rings. The normalized spacial score (nSPS) is 9.64. The third kappa shape index (κ3) is 13.2. The van der Waals surface area contributed by atoms with Crippen molar-refractivity contribution in [3.63, 3.8) is 0 Å². The van der Waals surface area contributed by atoms with Gasteiger partial charge in [-0.1, -0.05) is 25.8 Å². The second kappa shape index (κ2) is 10.2. The smallest absolute Gasteiger partial charge is 0.152 e. The Hall–Kier alpha value is 0.150. The Kier molecular flexibility index (Phi) is 12.7. The number of ketones is 1. The second-order valence-corrected chi connectivity index (χ2v) is 2.51. The maximum Gasteiger partial charge on any atom is 0.152 e. The number of rotatable bonds is 5. The van der Waals surface area contributed by atoms with Gasteiger partial charge >= 0.3 is 0 Å². The summed E-state index contributed by atoms with van der Waals surface area (Å²) in [6.45, 7) is 3.75. The molecule has 0 aromatic heterocycles. The maximum atomic E-state index is 10.4. The van der Waals surface area contributed by atoms with Crippen LogP contribution in [0.1, 0.15) is 39.5 Å². The largest absolute Gasteiger partial charge is 0.295 e. The molecule has 0 bridgehead atoms. The van der Waals surface area contributed by atoms with Gasteiger partial charge in [0.1, 0.15) is 0 Å². The summed E-state index contributed by atoms with van der Waals surface area (Å²) in [6, 6.07) is 0. The van der Waals surface area contributed by atoms with Gasteiger partial charge in [0.15, 0.2) is 5.78 Å². The van der Waals surface area contributed by atoms with Crippen molar-refractivity contribution in [2.75, 3.05) is 0 Å². The molecule has 11 heavy (non-hydrogen) atoms. The van der Waals surface area contributed by atoms with Gasteiger partial charge in [-0.15, -0.1) is 0 Å². The van der Waals surface area contributed by atoms with E-state index in [1.54, 1.807) is 13.0 Å². The first-order valence-electron chi connectivity index (χ1n) is 3.94. The molecule has 0 saturated carbocycles. The molecule has 0 fully saturated rings. The van der Waals surface area contributed by atoms with Crippen molar-refractivity contribution in [2.24, 2.45) is 0 Å². The van der Waals surface area contributed by atoms with Gasteiger partial charge in [-0.2, -0.15) is 0 Å². The van der Waals surface area contributed by atoms with E-state index in [9.17, 15) is 4.79 Å². The SMILES string of the molecule is CCCCCC=CC(C)=O.[Au]. The monoisotopic (exact) mass is 337 g/mol. The maximum absolute atomic E-state index is 10.4. The summed E-state index contributed by atoms with van der Waals surface area (Å²) in [6.07, 6.45) is 8.37. The van der Waals surface area contributed by atoms with Gasteiger partial charge in [-0.05, 0) is 25.8 Å². The van der Waals surface area contributed by atoms with E-state index in [-0.39, 0.29) is 28.2 Å². The van der Waals surface area contributed by atoms with E-state index < -0.39 is 0 Å². The van der Waals surface area contributed by atoms with Crippen molar-refractivity contribution in [2.45, 2.75) is 39.5 Å². The standard InChI is InChI=1S/C9H16O.Au/c1-3-4-5-6-7-8-9(2)10;/h7-8H,3-6H2,1-2H3;. The molecule has 0 aliphatic carbocycles. The summed E-state index contributed by atoms with van der Waals surface area (Å²) in [7, 11) is 0. The van der Waals surface area contributed by atoms with Gasteiger partial charge in [0, 0.05) is 22.4 Å². The van der Waals surface area contributed by atoms with Crippen molar-refractivity contribution in [3.05, 3.63) is 12.2 Å². The van der Waals surface area contributed by atoms with Crippen LogP contribution in [0.25, 0.3) is 0 Å². The number of carbonyl (C=O) groups excluding carboxylic acids is 1. The molecular weight excluding hydrogens is 321 g/mol. The third-order valence-electron chi connectivity index (χ3n) is 1.33. The van der Waals surface area contributed by atoms with Crippen LogP contribution in [0.15, 0.2) is 12.2 Å². The predicted molar refractivity (Wildman–Crippen MR) is 44.0 cm³/mol. The Morgan fingerprint density at radius 1 is 1.36 bits per heavy atom. The van der Waals surface area contributed by atoms with E-state index >= 15 is 0 Å². The van der Waals surface area contributed by atoms with Gasteiger partial charge < -0.3 is 0 Å². The third-order valence-corrected chi connectivity index (χ3v) is 1.33. The van der Waals surface area contributed by atoms with E-state index in [2.05, 4.69) is 6.92 Å². The quantitative estimate of drug-likeness (QED) is 0.428.